The van der Waals surface area contributed by atoms with Crippen molar-refractivity contribution in [1.29, 1.82) is 0 Å². The highest BCUT2D eigenvalue weighted by atomic mass is 16.4. The smallest absolute Gasteiger partial charge is 0.323 e. The average molecular weight is 183 g/mol. The summed E-state index contributed by atoms with van der Waals surface area (Å²) in [5.41, 5.74) is 0. The molecule has 70 valence electrons. The average Bonchev–Trinajstić information content (AvgIpc) is 2.53. The quantitative estimate of drug-likeness (QED) is 0.737. The lowest BCUT2D eigenvalue weighted by molar-refractivity contribution is -0.137. The molecule has 0 radical (unpaired) electrons. The molecule has 5 nitrogen and oxygen atoms in total. The number of carboxylic acids is 1. The summed E-state index contributed by atoms with van der Waals surface area (Å²) >= 11 is 0. The predicted octanol–water partition coefficient (Wildman–Crippen LogP) is 0.436. The first-order valence-electron chi connectivity index (χ1n) is 3.62. The van der Waals surface area contributed by atoms with E-state index in [2.05, 4.69) is 0 Å². The van der Waals surface area contributed by atoms with Gasteiger partial charge in [0.15, 0.2) is 5.76 Å². The maximum atomic E-state index is 11.3. The molecule has 1 rings (SSSR count). The molecule has 0 aromatic carbocycles. The van der Waals surface area contributed by atoms with Crippen LogP contribution in [-0.4, -0.2) is 35.5 Å². The third kappa shape index (κ3) is 2.33. The van der Waals surface area contributed by atoms with Gasteiger partial charge < -0.3 is 14.4 Å². The summed E-state index contributed by atoms with van der Waals surface area (Å²) in [4.78, 5) is 22.6. The van der Waals surface area contributed by atoms with Crippen LogP contribution in [-0.2, 0) is 4.79 Å². The predicted molar refractivity (Wildman–Crippen MR) is 43.3 cm³/mol. The van der Waals surface area contributed by atoms with Gasteiger partial charge in [-0.1, -0.05) is 0 Å². The zero-order valence-electron chi connectivity index (χ0n) is 7.06. The van der Waals surface area contributed by atoms with Gasteiger partial charge in [0.25, 0.3) is 5.91 Å². The second kappa shape index (κ2) is 3.75. The van der Waals surface area contributed by atoms with Gasteiger partial charge in [-0.25, -0.2) is 0 Å². The first-order chi connectivity index (χ1) is 6.11. The highest BCUT2D eigenvalue weighted by molar-refractivity contribution is 5.93. The maximum absolute atomic E-state index is 11.3. The fraction of sp³-hybridized carbons (Fsp3) is 0.250. The van der Waals surface area contributed by atoms with Gasteiger partial charge in [-0.2, -0.15) is 0 Å². The van der Waals surface area contributed by atoms with Crippen LogP contribution >= 0.6 is 0 Å². The molecule has 0 saturated carbocycles. The van der Waals surface area contributed by atoms with Crippen LogP contribution in [0.3, 0.4) is 0 Å². The lowest BCUT2D eigenvalue weighted by Crippen LogP contribution is -2.31. The number of hydrogen-bond acceptors (Lipinski definition) is 3. The molecule has 5 heteroatoms. The molecule has 0 atom stereocenters. The van der Waals surface area contributed by atoms with Crippen LogP contribution in [0.25, 0.3) is 0 Å². The van der Waals surface area contributed by atoms with Crippen molar-refractivity contribution in [2.24, 2.45) is 0 Å². The zero-order chi connectivity index (χ0) is 9.84. The summed E-state index contributed by atoms with van der Waals surface area (Å²) in [6.45, 7) is -0.334. The second-order valence-electron chi connectivity index (χ2n) is 2.53. The van der Waals surface area contributed by atoms with Gasteiger partial charge in [-0.3, -0.25) is 9.59 Å². The van der Waals surface area contributed by atoms with Crippen LogP contribution in [0, 0.1) is 0 Å². The van der Waals surface area contributed by atoms with E-state index in [0.29, 0.717) is 0 Å². The Bertz CT molecular complexity index is 304. The van der Waals surface area contributed by atoms with Gasteiger partial charge >= 0.3 is 5.97 Å². The fourth-order valence-electron chi connectivity index (χ4n) is 0.863. The maximum Gasteiger partial charge on any atom is 0.323 e. The fourth-order valence-corrected chi connectivity index (χ4v) is 0.863. The van der Waals surface area contributed by atoms with Crippen LogP contribution in [0.4, 0.5) is 0 Å². The SMILES string of the molecule is CN(CC(=O)O)C(=O)c1ccco1. The van der Waals surface area contributed by atoms with Crippen LogP contribution in [0.5, 0.6) is 0 Å². The number of carbonyl (C=O) groups is 2. The zero-order valence-corrected chi connectivity index (χ0v) is 7.06. The largest absolute Gasteiger partial charge is 0.480 e. The van der Waals surface area contributed by atoms with E-state index in [-0.39, 0.29) is 12.3 Å². The molecule has 0 aliphatic rings. The molecular formula is C8H9NO4. The summed E-state index contributed by atoms with van der Waals surface area (Å²) in [7, 11) is 1.40. The van der Waals surface area contributed by atoms with E-state index in [4.69, 9.17) is 9.52 Å². The summed E-state index contributed by atoms with van der Waals surface area (Å²) < 4.78 is 4.81. The van der Waals surface area contributed by atoms with E-state index in [9.17, 15) is 9.59 Å². The van der Waals surface area contributed by atoms with Crippen molar-refractivity contribution in [3.8, 4) is 0 Å². The lowest BCUT2D eigenvalue weighted by atomic mass is 10.4. The number of amides is 1. The molecule has 0 unspecified atom stereocenters. The van der Waals surface area contributed by atoms with E-state index in [1.54, 1.807) is 6.07 Å². The van der Waals surface area contributed by atoms with Gasteiger partial charge in [-0.05, 0) is 12.1 Å². The van der Waals surface area contributed by atoms with Crippen molar-refractivity contribution in [1.82, 2.24) is 4.90 Å². The van der Waals surface area contributed by atoms with Crippen LogP contribution in [0.2, 0.25) is 0 Å². The summed E-state index contributed by atoms with van der Waals surface area (Å²) in [5.74, 6) is -1.35. The third-order valence-corrected chi connectivity index (χ3v) is 1.45. The van der Waals surface area contributed by atoms with Gasteiger partial charge in [-0.15, -0.1) is 0 Å². The molecule has 1 heterocycles. The normalized spacial score (nSPS) is 9.62. The topological polar surface area (TPSA) is 70.8 Å². The molecule has 0 fully saturated rings. The van der Waals surface area contributed by atoms with Crippen molar-refractivity contribution in [3.63, 3.8) is 0 Å². The second-order valence-corrected chi connectivity index (χ2v) is 2.53. The minimum atomic E-state index is -1.05. The molecule has 1 amide bonds. The van der Waals surface area contributed by atoms with Gasteiger partial charge in [0.05, 0.1) is 6.26 Å². The molecular weight excluding hydrogens is 174 g/mol. The van der Waals surface area contributed by atoms with Gasteiger partial charge in [0.2, 0.25) is 0 Å². The number of rotatable bonds is 3. The Balaban J connectivity index is 2.63. The first kappa shape index (κ1) is 9.31. The Kier molecular flexibility index (Phi) is 2.69. The number of hydrogen-bond donors (Lipinski definition) is 1. The number of carbonyl (C=O) groups excluding carboxylic acids is 1. The molecule has 0 saturated heterocycles. The Morgan fingerprint density at radius 3 is 2.77 bits per heavy atom. The Labute approximate surface area is 74.6 Å². The lowest BCUT2D eigenvalue weighted by Gasteiger charge is -2.11. The van der Waals surface area contributed by atoms with Crippen molar-refractivity contribution in [3.05, 3.63) is 24.2 Å². The standard InChI is InChI=1S/C8H9NO4/c1-9(5-7(10)11)8(12)6-3-2-4-13-6/h2-4H,5H2,1H3,(H,10,11). The first-order valence-corrected chi connectivity index (χ1v) is 3.62. The van der Waals surface area contributed by atoms with Gasteiger partial charge in [0, 0.05) is 7.05 Å². The summed E-state index contributed by atoms with van der Waals surface area (Å²) in [6, 6.07) is 3.06. The molecule has 1 aromatic rings. The molecule has 1 aromatic heterocycles. The third-order valence-electron chi connectivity index (χ3n) is 1.45. The highest BCUT2D eigenvalue weighted by Crippen LogP contribution is 2.03. The van der Waals surface area contributed by atoms with Crippen molar-refractivity contribution >= 4 is 11.9 Å². The molecule has 0 spiro atoms. The number of carboxylic acid groups (broad SMARTS) is 1. The van der Waals surface area contributed by atoms with E-state index < -0.39 is 11.9 Å². The minimum absolute atomic E-state index is 0.142. The molecule has 0 bridgehead atoms. The van der Waals surface area contributed by atoms with E-state index in [0.717, 1.165) is 4.90 Å². The van der Waals surface area contributed by atoms with E-state index in [1.807, 2.05) is 0 Å². The molecule has 0 aliphatic heterocycles. The highest BCUT2D eigenvalue weighted by Gasteiger charge is 2.15. The Morgan fingerprint density at radius 1 is 1.62 bits per heavy atom. The summed E-state index contributed by atoms with van der Waals surface area (Å²) in [5, 5.41) is 8.41. The van der Waals surface area contributed by atoms with Gasteiger partial charge in [0.1, 0.15) is 6.54 Å². The van der Waals surface area contributed by atoms with E-state index >= 15 is 0 Å². The minimum Gasteiger partial charge on any atom is -0.480 e. The van der Waals surface area contributed by atoms with Crippen LogP contribution in [0.15, 0.2) is 22.8 Å². The monoisotopic (exact) mass is 183 g/mol. The van der Waals surface area contributed by atoms with Crippen molar-refractivity contribution < 1.29 is 19.1 Å². The summed E-state index contributed by atoms with van der Waals surface area (Å²) in [6.07, 6.45) is 1.36. The van der Waals surface area contributed by atoms with Crippen LogP contribution < -0.4 is 0 Å². The van der Waals surface area contributed by atoms with Crippen molar-refractivity contribution in [2.45, 2.75) is 0 Å². The number of nitrogens with zero attached hydrogens (tertiary/aromatic N) is 1. The number of furan rings is 1. The Morgan fingerprint density at radius 2 is 2.31 bits per heavy atom. The Hall–Kier alpha value is -1.78. The van der Waals surface area contributed by atoms with Crippen molar-refractivity contribution in [2.75, 3.05) is 13.6 Å². The number of likely N-dealkylation sites (N-methyl/N-ethyl adjacent to an activating group) is 1. The number of aliphatic carboxylic acids is 1. The molecule has 13 heavy (non-hydrogen) atoms. The van der Waals surface area contributed by atoms with E-state index in [1.165, 1.54) is 19.4 Å². The molecule has 1 N–H and O–H groups in total. The van der Waals surface area contributed by atoms with Crippen LogP contribution in [0.1, 0.15) is 10.6 Å². The molecule has 0 aliphatic carbocycles.